The molecule has 3 rings (SSSR count). The molecule has 1 saturated carbocycles. The maximum absolute atomic E-state index is 12.2. The first-order valence-electron chi connectivity index (χ1n) is 8.75. The third-order valence-corrected chi connectivity index (χ3v) is 4.80. The highest BCUT2D eigenvalue weighted by Crippen LogP contribution is 2.27. The van der Waals surface area contributed by atoms with Crippen molar-refractivity contribution in [2.75, 3.05) is 13.6 Å². The Morgan fingerprint density at radius 3 is 2.67 bits per heavy atom. The SMILES string of the molecule is Cc1ccc(-c2nc(CCN(C)C(=O)CC3CCCC3)no2)cc1. The lowest BCUT2D eigenvalue weighted by atomic mass is 10.0. The number of benzene rings is 1. The lowest BCUT2D eigenvalue weighted by molar-refractivity contribution is -0.130. The molecule has 0 aliphatic heterocycles. The van der Waals surface area contributed by atoms with Gasteiger partial charge in [0, 0.05) is 32.0 Å². The van der Waals surface area contributed by atoms with E-state index in [2.05, 4.69) is 10.1 Å². The predicted molar refractivity (Wildman–Crippen MR) is 92.4 cm³/mol. The molecule has 1 aromatic carbocycles. The minimum Gasteiger partial charge on any atom is -0.345 e. The van der Waals surface area contributed by atoms with E-state index in [1.165, 1.54) is 31.2 Å². The number of carbonyl (C=O) groups is 1. The average Bonchev–Trinajstić information content (AvgIpc) is 3.25. The van der Waals surface area contributed by atoms with Crippen LogP contribution in [0.25, 0.3) is 11.5 Å². The zero-order valence-corrected chi connectivity index (χ0v) is 14.5. The van der Waals surface area contributed by atoms with Gasteiger partial charge in [-0.25, -0.2) is 0 Å². The van der Waals surface area contributed by atoms with Crippen LogP contribution in [0.4, 0.5) is 0 Å². The number of rotatable bonds is 6. The Labute approximate surface area is 143 Å². The standard InChI is InChI=1S/C19H25N3O2/c1-14-7-9-16(10-8-14)19-20-17(21-24-19)11-12-22(2)18(23)13-15-5-3-4-6-15/h7-10,15H,3-6,11-13H2,1-2H3. The third-order valence-electron chi connectivity index (χ3n) is 4.80. The van der Waals surface area contributed by atoms with Crippen LogP contribution in [0.3, 0.4) is 0 Å². The zero-order valence-electron chi connectivity index (χ0n) is 14.5. The fourth-order valence-electron chi connectivity index (χ4n) is 3.18. The number of hydrogen-bond donors (Lipinski definition) is 0. The quantitative estimate of drug-likeness (QED) is 0.813. The molecule has 1 aliphatic rings. The Balaban J connectivity index is 1.51. The first kappa shape index (κ1) is 16.7. The van der Waals surface area contributed by atoms with Gasteiger partial charge in [-0.3, -0.25) is 4.79 Å². The fourth-order valence-corrected chi connectivity index (χ4v) is 3.18. The number of aromatic nitrogens is 2. The van der Waals surface area contributed by atoms with Crippen LogP contribution in [0.5, 0.6) is 0 Å². The minimum atomic E-state index is 0.226. The topological polar surface area (TPSA) is 59.2 Å². The van der Waals surface area contributed by atoms with Crippen molar-refractivity contribution < 1.29 is 9.32 Å². The lowest BCUT2D eigenvalue weighted by Gasteiger charge is -2.18. The van der Waals surface area contributed by atoms with E-state index in [-0.39, 0.29) is 5.91 Å². The summed E-state index contributed by atoms with van der Waals surface area (Å²) in [6, 6.07) is 8.00. The predicted octanol–water partition coefficient (Wildman–Crippen LogP) is 3.63. The second-order valence-electron chi connectivity index (χ2n) is 6.80. The first-order valence-corrected chi connectivity index (χ1v) is 8.75. The molecule has 1 heterocycles. The Hall–Kier alpha value is -2.17. The van der Waals surface area contributed by atoms with E-state index in [4.69, 9.17) is 4.52 Å². The van der Waals surface area contributed by atoms with Crippen LogP contribution in [0.15, 0.2) is 28.8 Å². The maximum atomic E-state index is 12.2. The van der Waals surface area contributed by atoms with Gasteiger partial charge in [0.15, 0.2) is 5.82 Å². The van der Waals surface area contributed by atoms with Crippen LogP contribution in [-0.4, -0.2) is 34.5 Å². The largest absolute Gasteiger partial charge is 0.345 e. The van der Waals surface area contributed by atoms with E-state index in [0.717, 1.165) is 5.56 Å². The molecule has 0 unspecified atom stereocenters. The smallest absolute Gasteiger partial charge is 0.257 e. The van der Waals surface area contributed by atoms with Crippen molar-refractivity contribution in [2.45, 2.75) is 45.4 Å². The molecule has 1 aromatic heterocycles. The molecule has 1 fully saturated rings. The average molecular weight is 327 g/mol. The molecular weight excluding hydrogens is 302 g/mol. The molecule has 1 aliphatic carbocycles. The monoisotopic (exact) mass is 327 g/mol. The van der Waals surface area contributed by atoms with Crippen molar-refractivity contribution >= 4 is 5.91 Å². The summed E-state index contributed by atoms with van der Waals surface area (Å²) in [5.41, 5.74) is 2.12. The van der Waals surface area contributed by atoms with Gasteiger partial charge in [0.25, 0.3) is 5.89 Å². The molecule has 5 heteroatoms. The van der Waals surface area contributed by atoms with E-state index >= 15 is 0 Å². The number of likely N-dealkylation sites (N-methyl/N-ethyl adjacent to an activating group) is 1. The first-order chi connectivity index (χ1) is 11.6. The molecule has 128 valence electrons. The summed E-state index contributed by atoms with van der Waals surface area (Å²) in [5.74, 6) is 1.98. The molecule has 0 spiro atoms. The Morgan fingerprint density at radius 2 is 1.96 bits per heavy atom. The van der Waals surface area contributed by atoms with Crippen molar-refractivity contribution in [1.82, 2.24) is 15.0 Å². The highest BCUT2D eigenvalue weighted by atomic mass is 16.5. The van der Waals surface area contributed by atoms with Crippen LogP contribution in [0.1, 0.15) is 43.5 Å². The van der Waals surface area contributed by atoms with Crippen molar-refractivity contribution in [1.29, 1.82) is 0 Å². The molecule has 1 amide bonds. The fraction of sp³-hybridized carbons (Fsp3) is 0.526. The summed E-state index contributed by atoms with van der Waals surface area (Å²) in [4.78, 5) is 18.5. The molecular formula is C19H25N3O2. The van der Waals surface area contributed by atoms with Crippen LogP contribution < -0.4 is 0 Å². The van der Waals surface area contributed by atoms with E-state index in [1.807, 2.05) is 38.2 Å². The second-order valence-corrected chi connectivity index (χ2v) is 6.80. The number of amides is 1. The summed E-state index contributed by atoms with van der Waals surface area (Å²) in [6.45, 7) is 2.67. The van der Waals surface area contributed by atoms with Gasteiger partial charge in [-0.1, -0.05) is 35.7 Å². The highest BCUT2D eigenvalue weighted by molar-refractivity contribution is 5.76. The molecule has 5 nitrogen and oxygen atoms in total. The van der Waals surface area contributed by atoms with E-state index in [1.54, 1.807) is 4.90 Å². The van der Waals surface area contributed by atoms with E-state index < -0.39 is 0 Å². The molecule has 2 aromatic rings. The summed E-state index contributed by atoms with van der Waals surface area (Å²) in [6.07, 6.45) is 6.23. The van der Waals surface area contributed by atoms with Crippen LogP contribution >= 0.6 is 0 Å². The van der Waals surface area contributed by atoms with Crippen LogP contribution in [0, 0.1) is 12.8 Å². The van der Waals surface area contributed by atoms with Gasteiger partial charge in [-0.2, -0.15) is 4.98 Å². The summed E-state index contributed by atoms with van der Waals surface area (Å²) in [7, 11) is 1.86. The summed E-state index contributed by atoms with van der Waals surface area (Å²) >= 11 is 0. The van der Waals surface area contributed by atoms with Crippen LogP contribution in [0.2, 0.25) is 0 Å². The summed E-state index contributed by atoms with van der Waals surface area (Å²) < 4.78 is 5.33. The van der Waals surface area contributed by atoms with Gasteiger partial charge in [0.1, 0.15) is 0 Å². The maximum Gasteiger partial charge on any atom is 0.257 e. The van der Waals surface area contributed by atoms with Crippen molar-refractivity contribution in [3.05, 3.63) is 35.7 Å². The molecule has 0 bridgehead atoms. The summed E-state index contributed by atoms with van der Waals surface area (Å²) in [5, 5.41) is 4.03. The Bertz CT molecular complexity index is 672. The molecule has 0 atom stereocenters. The van der Waals surface area contributed by atoms with E-state index in [0.29, 0.717) is 37.0 Å². The van der Waals surface area contributed by atoms with Gasteiger partial charge < -0.3 is 9.42 Å². The van der Waals surface area contributed by atoms with Crippen molar-refractivity contribution in [3.63, 3.8) is 0 Å². The van der Waals surface area contributed by atoms with Crippen molar-refractivity contribution in [3.8, 4) is 11.5 Å². The molecule has 0 saturated heterocycles. The highest BCUT2D eigenvalue weighted by Gasteiger charge is 2.20. The van der Waals surface area contributed by atoms with Gasteiger partial charge >= 0.3 is 0 Å². The van der Waals surface area contributed by atoms with E-state index in [9.17, 15) is 4.79 Å². The van der Waals surface area contributed by atoms with Gasteiger partial charge in [0.05, 0.1) is 0 Å². The molecule has 24 heavy (non-hydrogen) atoms. The lowest BCUT2D eigenvalue weighted by Crippen LogP contribution is -2.30. The Morgan fingerprint density at radius 1 is 1.25 bits per heavy atom. The third kappa shape index (κ3) is 4.22. The molecule has 0 N–H and O–H groups in total. The second kappa shape index (κ2) is 7.60. The number of carbonyl (C=O) groups excluding carboxylic acids is 1. The molecule has 0 radical (unpaired) electrons. The minimum absolute atomic E-state index is 0.226. The number of aryl methyl sites for hydroxylation is 1. The zero-order chi connectivity index (χ0) is 16.9. The van der Waals surface area contributed by atoms with Gasteiger partial charge in [-0.15, -0.1) is 0 Å². The normalized spacial score (nSPS) is 14.9. The van der Waals surface area contributed by atoms with Crippen molar-refractivity contribution in [2.24, 2.45) is 5.92 Å². The van der Waals surface area contributed by atoms with Crippen LogP contribution in [-0.2, 0) is 11.2 Å². The van der Waals surface area contributed by atoms with Gasteiger partial charge in [-0.05, 0) is 37.8 Å². The Kier molecular flexibility index (Phi) is 5.28. The van der Waals surface area contributed by atoms with Gasteiger partial charge in [0.2, 0.25) is 5.91 Å². The number of nitrogens with zero attached hydrogens (tertiary/aromatic N) is 3. The number of hydrogen-bond acceptors (Lipinski definition) is 4.